The Morgan fingerprint density at radius 3 is 1.25 bits per heavy atom. The predicted octanol–water partition coefficient (Wildman–Crippen LogP) is 13.7. The minimum absolute atomic E-state index is 0.00285. The van der Waals surface area contributed by atoms with E-state index < -0.39 is 0 Å². The molecule has 65 heavy (non-hydrogen) atoms. The lowest BCUT2D eigenvalue weighted by atomic mass is 9.34. The van der Waals surface area contributed by atoms with E-state index >= 15 is 0 Å². The molecule has 0 radical (unpaired) electrons. The minimum Gasteiger partial charge on any atom is -0.310 e. The zero-order chi connectivity index (χ0) is 43.9. The second-order valence-electron chi connectivity index (χ2n) is 20.4. The minimum atomic E-state index is -0.0709. The Balaban J connectivity index is 1.20. The predicted molar refractivity (Wildman–Crippen MR) is 277 cm³/mol. The Bertz CT molecular complexity index is 3560. The first kappa shape index (κ1) is 38.1. The van der Waals surface area contributed by atoms with E-state index in [1.165, 1.54) is 105 Å². The molecule has 0 atom stereocenters. The fourth-order valence-corrected chi connectivity index (χ4v) is 11.1. The van der Waals surface area contributed by atoms with Gasteiger partial charge < -0.3 is 9.13 Å². The smallest absolute Gasteiger partial charge is 0.252 e. The van der Waals surface area contributed by atoms with Crippen LogP contribution in [-0.4, -0.2) is 20.8 Å². The number of aromatic nitrogens is 3. The molecular formula is C61H48BN3. The number of pyridine rings is 1. The van der Waals surface area contributed by atoms with Crippen molar-refractivity contribution in [2.24, 2.45) is 0 Å². The Labute approximate surface area is 380 Å². The van der Waals surface area contributed by atoms with E-state index in [0.717, 1.165) is 22.5 Å². The van der Waals surface area contributed by atoms with E-state index in [1.54, 1.807) is 0 Å². The third kappa shape index (κ3) is 5.66. The second kappa shape index (κ2) is 13.5. The zero-order valence-corrected chi connectivity index (χ0v) is 37.7. The maximum absolute atomic E-state index is 5.41. The Hall–Kier alpha value is -7.43. The maximum atomic E-state index is 5.41. The average Bonchev–Trinajstić information content (AvgIpc) is 3.84. The summed E-state index contributed by atoms with van der Waals surface area (Å²) in [6, 6.07) is 68.0. The Kier molecular flexibility index (Phi) is 7.93. The molecule has 5 heterocycles. The van der Waals surface area contributed by atoms with Crippen molar-refractivity contribution < 1.29 is 0 Å². The van der Waals surface area contributed by atoms with Crippen LogP contribution in [0.3, 0.4) is 0 Å². The lowest BCUT2D eigenvalue weighted by Gasteiger charge is -2.35. The summed E-state index contributed by atoms with van der Waals surface area (Å²) in [6.07, 6.45) is 0. The quantitative estimate of drug-likeness (QED) is 0.162. The van der Waals surface area contributed by atoms with E-state index in [4.69, 9.17) is 4.98 Å². The maximum Gasteiger partial charge on any atom is 0.252 e. The lowest BCUT2D eigenvalue weighted by molar-refractivity contribution is 0.591. The van der Waals surface area contributed by atoms with Crippen molar-refractivity contribution in [2.45, 2.75) is 52.4 Å². The van der Waals surface area contributed by atoms with Crippen molar-refractivity contribution >= 4 is 66.7 Å². The summed E-state index contributed by atoms with van der Waals surface area (Å²) in [5, 5.41) is 5.18. The first-order valence-corrected chi connectivity index (χ1v) is 23.1. The number of nitrogens with zero attached hydrogens (tertiary/aromatic N) is 3. The van der Waals surface area contributed by atoms with E-state index in [1.807, 2.05) is 0 Å². The molecule has 13 rings (SSSR count). The highest BCUT2D eigenvalue weighted by atomic mass is 15.0. The van der Waals surface area contributed by atoms with Gasteiger partial charge in [-0.25, -0.2) is 4.98 Å². The van der Waals surface area contributed by atoms with Crippen molar-refractivity contribution in [2.75, 3.05) is 0 Å². The van der Waals surface area contributed by atoms with E-state index in [0.29, 0.717) is 0 Å². The number of hydrogen-bond donors (Lipinski definition) is 0. The molecule has 0 N–H and O–H groups in total. The summed E-state index contributed by atoms with van der Waals surface area (Å²) in [5.41, 5.74) is 23.2. The fourth-order valence-electron chi connectivity index (χ4n) is 11.1. The van der Waals surface area contributed by atoms with Crippen LogP contribution in [0.4, 0.5) is 0 Å². The number of hydrogen-bond acceptors (Lipinski definition) is 1. The van der Waals surface area contributed by atoms with Gasteiger partial charge in [-0.2, -0.15) is 0 Å². The van der Waals surface area contributed by atoms with Gasteiger partial charge in [0.15, 0.2) is 0 Å². The average molecular weight is 834 g/mol. The highest BCUT2D eigenvalue weighted by Crippen LogP contribution is 2.44. The molecule has 0 fully saturated rings. The van der Waals surface area contributed by atoms with Gasteiger partial charge in [0.25, 0.3) is 6.71 Å². The molecule has 0 amide bonds. The van der Waals surface area contributed by atoms with Crippen molar-refractivity contribution in [3.05, 3.63) is 193 Å². The van der Waals surface area contributed by atoms with Crippen molar-refractivity contribution in [3.8, 4) is 56.1 Å². The summed E-state index contributed by atoms with van der Waals surface area (Å²) in [7, 11) is 0. The molecule has 3 nitrogen and oxygen atoms in total. The van der Waals surface area contributed by atoms with Crippen LogP contribution >= 0.6 is 0 Å². The van der Waals surface area contributed by atoms with Gasteiger partial charge in [0.2, 0.25) is 0 Å². The second-order valence-corrected chi connectivity index (χ2v) is 20.4. The monoisotopic (exact) mass is 833 g/mol. The van der Waals surface area contributed by atoms with E-state index in [2.05, 4.69) is 233 Å². The molecule has 0 unspecified atom stereocenters. The molecule has 2 aliphatic rings. The third-order valence-electron chi connectivity index (χ3n) is 14.4. The van der Waals surface area contributed by atoms with Gasteiger partial charge in [0.1, 0.15) is 0 Å². The normalized spacial score (nSPS) is 13.0. The van der Waals surface area contributed by atoms with Crippen molar-refractivity contribution in [3.63, 3.8) is 0 Å². The zero-order valence-electron chi connectivity index (χ0n) is 37.7. The highest BCUT2D eigenvalue weighted by Gasteiger charge is 2.42. The summed E-state index contributed by atoms with van der Waals surface area (Å²) in [4.78, 5) is 5.41. The van der Waals surface area contributed by atoms with Gasteiger partial charge in [-0.05, 0) is 121 Å². The first-order chi connectivity index (χ1) is 31.5. The number of rotatable bonds is 4. The third-order valence-corrected chi connectivity index (χ3v) is 14.4. The summed E-state index contributed by atoms with van der Waals surface area (Å²) in [6.45, 7) is 14.2. The largest absolute Gasteiger partial charge is 0.310 e. The molecule has 0 bridgehead atoms. The lowest BCUT2D eigenvalue weighted by Crippen LogP contribution is -2.59. The standard InChI is InChI=1S/C61H48BN3/c1-60(2,3)43-33-47-45-29-40(37-17-10-7-11-18-37)25-27-53(45)64-55-31-42(52-24-16-23-51(63-52)39-21-14-9-15-22-39)32-56-57(55)62(49(35-43)58(47)64)50-36-44(61(4,5)6)34-48-46-30-41(38-19-12-8-13-20-38)26-28-54(46)65(56)59(48)50/h7-36H,1-6H3. The van der Waals surface area contributed by atoms with Gasteiger partial charge >= 0.3 is 0 Å². The molecule has 8 aromatic carbocycles. The van der Waals surface area contributed by atoms with Crippen LogP contribution in [0, 0.1) is 0 Å². The van der Waals surface area contributed by atoms with Gasteiger partial charge in [0, 0.05) is 55.1 Å². The molecule has 11 aromatic rings. The number of benzene rings is 8. The van der Waals surface area contributed by atoms with Gasteiger partial charge in [-0.3, -0.25) is 0 Å². The SMILES string of the molecule is CC(C)(C)c1cc2c3c(c1)c1cc(-c4ccccc4)ccc1n3-c1cc(-c3cccc(-c4ccccc4)n3)cc3c1B2c1cc(C(C)(C)C)cc2c4cc(-c5ccccc5)ccc4n-3c12. The van der Waals surface area contributed by atoms with Gasteiger partial charge in [0.05, 0.1) is 22.4 Å². The van der Waals surface area contributed by atoms with Gasteiger partial charge in [-0.15, -0.1) is 0 Å². The molecule has 0 saturated carbocycles. The topological polar surface area (TPSA) is 22.8 Å². The molecule has 0 spiro atoms. The summed E-state index contributed by atoms with van der Waals surface area (Å²) >= 11 is 0. The van der Waals surface area contributed by atoms with Crippen LogP contribution in [0.5, 0.6) is 0 Å². The molecule has 2 aliphatic heterocycles. The summed E-state index contributed by atoms with van der Waals surface area (Å²) < 4.78 is 5.21. The van der Waals surface area contributed by atoms with Crippen LogP contribution in [0.15, 0.2) is 182 Å². The van der Waals surface area contributed by atoms with Crippen LogP contribution in [0.25, 0.3) is 99.8 Å². The fraction of sp³-hybridized carbons (Fsp3) is 0.131. The molecule has 0 saturated heterocycles. The first-order valence-electron chi connectivity index (χ1n) is 23.1. The molecule has 0 aliphatic carbocycles. The van der Waals surface area contributed by atoms with Crippen LogP contribution in [0.2, 0.25) is 0 Å². The van der Waals surface area contributed by atoms with E-state index in [9.17, 15) is 0 Å². The molecule has 4 heteroatoms. The van der Waals surface area contributed by atoms with Gasteiger partial charge in [-0.1, -0.05) is 163 Å². The number of fused-ring (bicyclic) bond motifs is 10. The molecular weight excluding hydrogens is 786 g/mol. The highest BCUT2D eigenvalue weighted by molar-refractivity contribution is 7.00. The summed E-state index contributed by atoms with van der Waals surface area (Å²) in [5.74, 6) is 0. The van der Waals surface area contributed by atoms with Crippen molar-refractivity contribution in [1.82, 2.24) is 14.1 Å². The van der Waals surface area contributed by atoms with Crippen LogP contribution in [0.1, 0.15) is 52.7 Å². The van der Waals surface area contributed by atoms with Crippen molar-refractivity contribution in [1.29, 1.82) is 0 Å². The molecule has 3 aromatic heterocycles. The van der Waals surface area contributed by atoms with Crippen LogP contribution in [-0.2, 0) is 10.8 Å². The Morgan fingerprint density at radius 2 is 0.800 bits per heavy atom. The van der Waals surface area contributed by atoms with E-state index in [-0.39, 0.29) is 17.5 Å². The Morgan fingerprint density at radius 1 is 0.369 bits per heavy atom. The van der Waals surface area contributed by atoms with Crippen LogP contribution < -0.4 is 16.4 Å². The molecule has 310 valence electrons.